The third-order valence-corrected chi connectivity index (χ3v) is 2.14. The molecule has 0 aliphatic rings. The Morgan fingerprint density at radius 3 is 2.38 bits per heavy atom. The van der Waals surface area contributed by atoms with Gasteiger partial charge in [-0.3, -0.25) is 4.68 Å². The molecular formula is C11H19F2N3. The fraction of sp³-hybridized carbons (Fsp3) is 0.727. The Morgan fingerprint density at radius 1 is 1.44 bits per heavy atom. The van der Waals surface area contributed by atoms with Crippen LogP contribution in [0.4, 0.5) is 8.78 Å². The summed E-state index contributed by atoms with van der Waals surface area (Å²) in [5.41, 5.74) is 6.18. The van der Waals surface area contributed by atoms with Crippen molar-refractivity contribution in [2.75, 3.05) is 0 Å². The number of hydrogen-bond donors (Lipinski definition) is 1. The van der Waals surface area contributed by atoms with Crippen molar-refractivity contribution >= 4 is 0 Å². The molecule has 0 saturated heterocycles. The van der Waals surface area contributed by atoms with Gasteiger partial charge in [0.15, 0.2) is 0 Å². The predicted octanol–water partition coefficient (Wildman–Crippen LogP) is 2.89. The first kappa shape index (κ1) is 13.1. The van der Waals surface area contributed by atoms with Gasteiger partial charge < -0.3 is 5.73 Å². The van der Waals surface area contributed by atoms with Crippen LogP contribution in [-0.4, -0.2) is 9.78 Å². The highest BCUT2D eigenvalue weighted by Crippen LogP contribution is 2.24. The minimum atomic E-state index is -2.54. The second-order valence-corrected chi connectivity index (χ2v) is 5.30. The lowest BCUT2D eigenvalue weighted by atomic mass is 9.97. The quantitative estimate of drug-likeness (QED) is 0.869. The second-order valence-electron chi connectivity index (χ2n) is 5.30. The van der Waals surface area contributed by atoms with Crippen molar-refractivity contribution in [2.24, 2.45) is 11.1 Å². The molecule has 0 aliphatic heterocycles. The minimum Gasteiger partial charge on any atom is -0.323 e. The molecule has 0 aliphatic carbocycles. The van der Waals surface area contributed by atoms with E-state index in [9.17, 15) is 8.78 Å². The van der Waals surface area contributed by atoms with E-state index in [0.717, 1.165) is 0 Å². The smallest absolute Gasteiger partial charge is 0.282 e. The van der Waals surface area contributed by atoms with Crippen molar-refractivity contribution < 1.29 is 8.78 Å². The predicted molar refractivity (Wildman–Crippen MR) is 59.2 cm³/mol. The van der Waals surface area contributed by atoms with E-state index in [-0.39, 0.29) is 17.2 Å². The average Bonchev–Trinajstić information content (AvgIpc) is 2.44. The van der Waals surface area contributed by atoms with Gasteiger partial charge in [-0.05, 0) is 18.4 Å². The van der Waals surface area contributed by atoms with Crippen LogP contribution in [0.15, 0.2) is 6.07 Å². The summed E-state index contributed by atoms with van der Waals surface area (Å²) in [6.45, 7) is 8.44. The molecular weight excluding hydrogens is 212 g/mol. The lowest BCUT2D eigenvalue weighted by Crippen LogP contribution is -2.21. The summed E-state index contributed by atoms with van der Waals surface area (Å²) in [4.78, 5) is 0. The lowest BCUT2D eigenvalue weighted by molar-refractivity contribution is 0.144. The van der Waals surface area contributed by atoms with Crippen LogP contribution in [0, 0.1) is 5.41 Å². The standard InChI is InChI=1S/C11H19F2N3/c1-7(14)9-5-8(10(12)13)15-16(9)6-11(2,3)4/h5,7,10H,6,14H2,1-4H3. The van der Waals surface area contributed by atoms with Gasteiger partial charge in [0.2, 0.25) is 0 Å². The molecule has 1 unspecified atom stereocenters. The Balaban J connectivity index is 3.06. The van der Waals surface area contributed by atoms with Crippen LogP contribution < -0.4 is 5.73 Å². The van der Waals surface area contributed by atoms with E-state index in [4.69, 9.17) is 5.73 Å². The molecule has 1 aromatic rings. The largest absolute Gasteiger partial charge is 0.323 e. The zero-order chi connectivity index (χ0) is 12.5. The van der Waals surface area contributed by atoms with Crippen LogP contribution in [0.2, 0.25) is 0 Å². The number of nitrogens with zero attached hydrogens (tertiary/aromatic N) is 2. The molecule has 16 heavy (non-hydrogen) atoms. The van der Waals surface area contributed by atoms with Crippen LogP contribution in [0.3, 0.4) is 0 Å². The first-order valence-electron chi connectivity index (χ1n) is 5.32. The molecule has 0 aromatic carbocycles. The highest BCUT2D eigenvalue weighted by atomic mass is 19.3. The van der Waals surface area contributed by atoms with Crippen LogP contribution in [-0.2, 0) is 6.54 Å². The van der Waals surface area contributed by atoms with E-state index in [0.29, 0.717) is 12.2 Å². The van der Waals surface area contributed by atoms with E-state index < -0.39 is 6.43 Å². The van der Waals surface area contributed by atoms with E-state index in [1.165, 1.54) is 6.07 Å². The van der Waals surface area contributed by atoms with E-state index in [2.05, 4.69) is 5.10 Å². The highest BCUT2D eigenvalue weighted by molar-refractivity contribution is 5.14. The molecule has 1 rings (SSSR count). The first-order valence-corrected chi connectivity index (χ1v) is 5.32. The van der Waals surface area contributed by atoms with Gasteiger partial charge in [-0.25, -0.2) is 8.78 Å². The Hall–Kier alpha value is -0.970. The zero-order valence-electron chi connectivity index (χ0n) is 10.2. The summed E-state index contributed by atoms with van der Waals surface area (Å²) in [5.74, 6) is 0. The third-order valence-electron chi connectivity index (χ3n) is 2.14. The third kappa shape index (κ3) is 3.27. The van der Waals surface area contributed by atoms with Gasteiger partial charge in [-0.15, -0.1) is 0 Å². The van der Waals surface area contributed by atoms with Crippen molar-refractivity contribution in [3.05, 3.63) is 17.5 Å². The molecule has 1 aromatic heterocycles. The van der Waals surface area contributed by atoms with E-state index in [1.807, 2.05) is 20.8 Å². The van der Waals surface area contributed by atoms with Crippen molar-refractivity contribution in [1.82, 2.24) is 9.78 Å². The molecule has 3 nitrogen and oxygen atoms in total. The van der Waals surface area contributed by atoms with Gasteiger partial charge in [0.05, 0.1) is 5.69 Å². The van der Waals surface area contributed by atoms with E-state index in [1.54, 1.807) is 11.6 Å². The SMILES string of the molecule is CC(N)c1cc(C(F)F)nn1CC(C)(C)C. The summed E-state index contributed by atoms with van der Waals surface area (Å²) in [6.07, 6.45) is -2.54. The highest BCUT2D eigenvalue weighted by Gasteiger charge is 2.20. The van der Waals surface area contributed by atoms with Crippen molar-refractivity contribution in [2.45, 2.75) is 46.7 Å². The van der Waals surface area contributed by atoms with Crippen LogP contribution in [0.25, 0.3) is 0 Å². The monoisotopic (exact) mass is 231 g/mol. The summed E-state index contributed by atoms with van der Waals surface area (Å²) in [6, 6.07) is 1.10. The summed E-state index contributed by atoms with van der Waals surface area (Å²) < 4.78 is 26.7. The molecule has 0 fully saturated rings. The molecule has 0 saturated carbocycles. The normalized spacial score (nSPS) is 14.5. The average molecular weight is 231 g/mol. The molecule has 5 heteroatoms. The molecule has 0 amide bonds. The van der Waals surface area contributed by atoms with Crippen molar-refractivity contribution in [3.63, 3.8) is 0 Å². The van der Waals surface area contributed by atoms with E-state index >= 15 is 0 Å². The number of halogens is 2. The fourth-order valence-corrected chi connectivity index (χ4v) is 1.50. The Bertz CT molecular complexity index is 351. The van der Waals surface area contributed by atoms with Gasteiger partial charge in [0, 0.05) is 12.6 Å². The van der Waals surface area contributed by atoms with Crippen molar-refractivity contribution in [1.29, 1.82) is 0 Å². The topological polar surface area (TPSA) is 43.8 Å². The maximum atomic E-state index is 12.5. The Morgan fingerprint density at radius 2 is 2.00 bits per heavy atom. The van der Waals surface area contributed by atoms with Crippen LogP contribution in [0.5, 0.6) is 0 Å². The van der Waals surface area contributed by atoms with Crippen LogP contribution >= 0.6 is 0 Å². The second kappa shape index (κ2) is 4.49. The molecule has 0 radical (unpaired) electrons. The zero-order valence-corrected chi connectivity index (χ0v) is 10.2. The van der Waals surface area contributed by atoms with Gasteiger partial charge in [-0.2, -0.15) is 5.10 Å². The molecule has 1 atom stereocenters. The number of nitrogens with two attached hydrogens (primary N) is 1. The Labute approximate surface area is 94.6 Å². The number of hydrogen-bond acceptors (Lipinski definition) is 2. The van der Waals surface area contributed by atoms with Gasteiger partial charge in [-0.1, -0.05) is 20.8 Å². The Kier molecular flexibility index (Phi) is 3.68. The number of rotatable bonds is 3. The van der Waals surface area contributed by atoms with Gasteiger partial charge in [0.25, 0.3) is 6.43 Å². The fourth-order valence-electron chi connectivity index (χ4n) is 1.50. The molecule has 0 spiro atoms. The van der Waals surface area contributed by atoms with Gasteiger partial charge in [0.1, 0.15) is 5.69 Å². The molecule has 1 heterocycles. The summed E-state index contributed by atoms with van der Waals surface area (Å²) in [5, 5.41) is 3.90. The van der Waals surface area contributed by atoms with Gasteiger partial charge >= 0.3 is 0 Å². The molecule has 2 N–H and O–H groups in total. The first-order chi connectivity index (χ1) is 7.20. The maximum absolute atomic E-state index is 12.5. The minimum absolute atomic E-state index is 0.0188. The van der Waals surface area contributed by atoms with Crippen molar-refractivity contribution in [3.8, 4) is 0 Å². The molecule has 0 bridgehead atoms. The summed E-state index contributed by atoms with van der Waals surface area (Å²) >= 11 is 0. The number of alkyl halides is 2. The van der Waals surface area contributed by atoms with Crippen LogP contribution in [0.1, 0.15) is 51.6 Å². The lowest BCUT2D eigenvalue weighted by Gasteiger charge is -2.20. The number of aromatic nitrogens is 2. The summed E-state index contributed by atoms with van der Waals surface area (Å²) in [7, 11) is 0. The molecule has 92 valence electrons. The maximum Gasteiger partial charge on any atom is 0.282 e.